The Morgan fingerprint density at radius 2 is 0.818 bits per heavy atom. The first-order valence-electron chi connectivity index (χ1n) is 7.18. The average Bonchev–Trinajstić information content (AvgIpc) is 2.51. The van der Waals surface area contributed by atoms with E-state index in [-0.39, 0.29) is 0 Å². The van der Waals surface area contributed by atoms with Gasteiger partial charge in [-0.3, -0.25) is 0 Å². The standard InChI is InChI=1S/C20H16Br2/c1-13-3-7-15(8-4-13)19-17(21)11-12-18(22)20(19)16-9-5-14(2)6-10-16/h3-12H,1-2H3. The summed E-state index contributed by atoms with van der Waals surface area (Å²) in [5.41, 5.74) is 7.42. The molecule has 110 valence electrons. The van der Waals surface area contributed by atoms with Crippen molar-refractivity contribution in [1.29, 1.82) is 0 Å². The van der Waals surface area contributed by atoms with Gasteiger partial charge in [-0.1, -0.05) is 91.5 Å². The molecule has 0 spiro atoms. The Bertz CT molecular complexity index is 730. The van der Waals surface area contributed by atoms with Crippen molar-refractivity contribution in [3.05, 3.63) is 80.7 Å². The van der Waals surface area contributed by atoms with Crippen molar-refractivity contribution in [3.8, 4) is 22.3 Å². The molecular formula is C20H16Br2. The van der Waals surface area contributed by atoms with Crippen LogP contribution in [0.25, 0.3) is 22.3 Å². The summed E-state index contributed by atoms with van der Waals surface area (Å²) in [5.74, 6) is 0. The lowest BCUT2D eigenvalue weighted by molar-refractivity contribution is 1.44. The summed E-state index contributed by atoms with van der Waals surface area (Å²) in [4.78, 5) is 0. The summed E-state index contributed by atoms with van der Waals surface area (Å²) in [6, 6.07) is 21.5. The molecule has 0 amide bonds. The van der Waals surface area contributed by atoms with Crippen molar-refractivity contribution in [2.45, 2.75) is 13.8 Å². The molecule has 0 bridgehead atoms. The molecule has 0 fully saturated rings. The van der Waals surface area contributed by atoms with Gasteiger partial charge in [0.1, 0.15) is 0 Å². The Morgan fingerprint density at radius 3 is 1.14 bits per heavy atom. The van der Waals surface area contributed by atoms with Crippen LogP contribution in [0.15, 0.2) is 69.6 Å². The topological polar surface area (TPSA) is 0 Å². The predicted octanol–water partition coefficient (Wildman–Crippen LogP) is 7.16. The molecule has 0 aromatic heterocycles. The van der Waals surface area contributed by atoms with Crippen molar-refractivity contribution in [2.24, 2.45) is 0 Å². The summed E-state index contributed by atoms with van der Waals surface area (Å²) in [5, 5.41) is 0. The van der Waals surface area contributed by atoms with Crippen LogP contribution in [-0.2, 0) is 0 Å². The van der Waals surface area contributed by atoms with Crippen LogP contribution in [0.3, 0.4) is 0 Å². The fourth-order valence-electron chi connectivity index (χ4n) is 2.56. The van der Waals surface area contributed by atoms with Crippen LogP contribution in [0, 0.1) is 13.8 Å². The van der Waals surface area contributed by atoms with Gasteiger partial charge in [0.2, 0.25) is 0 Å². The SMILES string of the molecule is Cc1ccc(-c2c(Br)ccc(Br)c2-c2ccc(C)cc2)cc1. The van der Waals surface area contributed by atoms with Gasteiger partial charge in [0.25, 0.3) is 0 Å². The van der Waals surface area contributed by atoms with E-state index in [4.69, 9.17) is 0 Å². The number of rotatable bonds is 2. The molecule has 3 aromatic carbocycles. The Balaban J connectivity index is 2.27. The lowest BCUT2D eigenvalue weighted by Crippen LogP contribution is -1.89. The normalized spacial score (nSPS) is 10.7. The van der Waals surface area contributed by atoms with Gasteiger partial charge < -0.3 is 0 Å². The Hall–Kier alpha value is -1.38. The zero-order valence-corrected chi connectivity index (χ0v) is 15.7. The highest BCUT2D eigenvalue weighted by Crippen LogP contribution is 2.42. The third-order valence-corrected chi connectivity index (χ3v) is 5.11. The first kappa shape index (κ1) is 15.5. The molecule has 0 atom stereocenters. The first-order chi connectivity index (χ1) is 10.6. The third-order valence-electron chi connectivity index (χ3n) is 3.78. The van der Waals surface area contributed by atoms with E-state index < -0.39 is 0 Å². The van der Waals surface area contributed by atoms with Gasteiger partial charge in [-0.2, -0.15) is 0 Å². The quantitative estimate of drug-likeness (QED) is 0.416. The van der Waals surface area contributed by atoms with E-state index in [1.54, 1.807) is 0 Å². The number of aryl methyl sites for hydroxylation is 2. The largest absolute Gasteiger partial charge is 0.0587 e. The van der Waals surface area contributed by atoms with Crippen molar-refractivity contribution in [1.82, 2.24) is 0 Å². The molecule has 0 saturated heterocycles. The minimum Gasteiger partial charge on any atom is -0.0587 e. The van der Waals surface area contributed by atoms with Gasteiger partial charge in [-0.05, 0) is 37.1 Å². The van der Waals surface area contributed by atoms with Gasteiger partial charge in [-0.15, -0.1) is 0 Å². The van der Waals surface area contributed by atoms with Gasteiger partial charge in [-0.25, -0.2) is 0 Å². The van der Waals surface area contributed by atoms with Crippen LogP contribution < -0.4 is 0 Å². The second-order valence-electron chi connectivity index (χ2n) is 5.51. The predicted molar refractivity (Wildman–Crippen MR) is 102 cm³/mol. The molecule has 22 heavy (non-hydrogen) atoms. The Labute approximate surface area is 148 Å². The molecule has 0 aliphatic carbocycles. The summed E-state index contributed by atoms with van der Waals surface area (Å²) in [7, 11) is 0. The molecule has 2 heteroatoms. The summed E-state index contributed by atoms with van der Waals surface area (Å²) >= 11 is 7.45. The summed E-state index contributed by atoms with van der Waals surface area (Å²) in [6.07, 6.45) is 0. The molecule has 0 radical (unpaired) electrons. The smallest absolute Gasteiger partial charge is 0.0260 e. The Morgan fingerprint density at radius 1 is 0.500 bits per heavy atom. The highest BCUT2D eigenvalue weighted by molar-refractivity contribution is 9.11. The van der Waals surface area contributed by atoms with E-state index in [9.17, 15) is 0 Å². The molecule has 0 N–H and O–H groups in total. The van der Waals surface area contributed by atoms with E-state index in [0.717, 1.165) is 8.95 Å². The maximum absolute atomic E-state index is 3.73. The first-order valence-corrected chi connectivity index (χ1v) is 8.77. The molecule has 0 nitrogen and oxygen atoms in total. The molecule has 3 aromatic rings. The van der Waals surface area contributed by atoms with E-state index in [2.05, 4.69) is 106 Å². The van der Waals surface area contributed by atoms with Crippen LogP contribution >= 0.6 is 31.9 Å². The third kappa shape index (κ3) is 3.04. The highest BCUT2D eigenvalue weighted by atomic mass is 79.9. The molecule has 0 aliphatic rings. The van der Waals surface area contributed by atoms with Crippen molar-refractivity contribution in [3.63, 3.8) is 0 Å². The second kappa shape index (κ2) is 6.39. The van der Waals surface area contributed by atoms with Crippen LogP contribution in [0.4, 0.5) is 0 Å². The number of benzene rings is 3. The van der Waals surface area contributed by atoms with Crippen molar-refractivity contribution >= 4 is 31.9 Å². The van der Waals surface area contributed by atoms with Gasteiger partial charge in [0.05, 0.1) is 0 Å². The lowest BCUT2D eigenvalue weighted by Gasteiger charge is -2.15. The van der Waals surface area contributed by atoms with Crippen molar-refractivity contribution in [2.75, 3.05) is 0 Å². The van der Waals surface area contributed by atoms with E-state index >= 15 is 0 Å². The highest BCUT2D eigenvalue weighted by Gasteiger charge is 2.14. The van der Waals surface area contributed by atoms with Crippen LogP contribution in [0.5, 0.6) is 0 Å². The summed E-state index contributed by atoms with van der Waals surface area (Å²) < 4.78 is 2.21. The van der Waals surface area contributed by atoms with Crippen LogP contribution in [0.2, 0.25) is 0 Å². The van der Waals surface area contributed by atoms with E-state index in [1.807, 2.05) is 0 Å². The molecule has 0 aliphatic heterocycles. The summed E-state index contributed by atoms with van der Waals surface area (Å²) in [6.45, 7) is 4.22. The monoisotopic (exact) mass is 414 g/mol. The van der Waals surface area contributed by atoms with Gasteiger partial charge in [0, 0.05) is 20.1 Å². The molecular weight excluding hydrogens is 400 g/mol. The molecule has 0 saturated carbocycles. The number of hydrogen-bond donors (Lipinski definition) is 0. The molecule has 0 heterocycles. The lowest BCUT2D eigenvalue weighted by atomic mass is 9.94. The van der Waals surface area contributed by atoms with Gasteiger partial charge >= 0.3 is 0 Å². The van der Waals surface area contributed by atoms with Crippen LogP contribution in [-0.4, -0.2) is 0 Å². The minimum absolute atomic E-state index is 1.11. The fourth-order valence-corrected chi connectivity index (χ4v) is 3.68. The zero-order valence-electron chi connectivity index (χ0n) is 12.5. The average molecular weight is 416 g/mol. The second-order valence-corrected chi connectivity index (χ2v) is 7.22. The minimum atomic E-state index is 1.11. The van der Waals surface area contributed by atoms with Gasteiger partial charge in [0.15, 0.2) is 0 Å². The maximum atomic E-state index is 3.73. The maximum Gasteiger partial charge on any atom is 0.0260 e. The van der Waals surface area contributed by atoms with Crippen LogP contribution in [0.1, 0.15) is 11.1 Å². The molecule has 3 rings (SSSR count). The Kier molecular flexibility index (Phi) is 4.51. The zero-order chi connectivity index (χ0) is 15.7. The number of hydrogen-bond acceptors (Lipinski definition) is 0. The fraction of sp³-hybridized carbons (Fsp3) is 0.100. The van der Waals surface area contributed by atoms with Crippen molar-refractivity contribution < 1.29 is 0 Å². The molecule has 0 unspecified atom stereocenters. The van der Waals surface area contributed by atoms with E-state index in [1.165, 1.54) is 33.4 Å². The number of halogens is 2. The van der Waals surface area contributed by atoms with E-state index in [0.29, 0.717) is 0 Å².